The minimum atomic E-state index is -0.355. The molecule has 1 fully saturated rings. The van der Waals surface area contributed by atoms with Crippen LogP contribution in [0, 0.1) is 11.2 Å². The maximum Gasteiger partial charge on any atom is 0.230 e. The van der Waals surface area contributed by atoms with Gasteiger partial charge in [-0.3, -0.25) is 4.99 Å². The van der Waals surface area contributed by atoms with Gasteiger partial charge in [-0.1, -0.05) is 38.5 Å². The van der Waals surface area contributed by atoms with E-state index >= 15 is 4.39 Å². The van der Waals surface area contributed by atoms with E-state index in [9.17, 15) is 0 Å². The second-order valence-corrected chi connectivity index (χ2v) is 10.6. The maximum atomic E-state index is 15.2. The SMILES string of the molecule is CC1=Cc2c(ccc(Oc3cc(NC4=NCC(C(C)(C)C)=C4)nc(N4CCN(C)CC4)n3)c2F)C1. The van der Waals surface area contributed by atoms with Crippen LogP contribution in [-0.4, -0.2) is 60.5 Å². The van der Waals surface area contributed by atoms with E-state index in [1.165, 1.54) is 5.57 Å². The number of allylic oxidation sites excluding steroid dienone is 1. The second kappa shape index (κ2) is 9.07. The number of aliphatic imine (C=N–C) groups is 1. The van der Waals surface area contributed by atoms with Gasteiger partial charge in [0.2, 0.25) is 11.8 Å². The Morgan fingerprint density at radius 2 is 1.83 bits per heavy atom. The third kappa shape index (κ3) is 5.07. The van der Waals surface area contributed by atoms with E-state index < -0.39 is 0 Å². The van der Waals surface area contributed by atoms with Crippen LogP contribution in [0.5, 0.6) is 11.6 Å². The van der Waals surface area contributed by atoms with Crippen LogP contribution in [0.3, 0.4) is 0 Å². The number of rotatable bonds is 4. The summed E-state index contributed by atoms with van der Waals surface area (Å²) in [7, 11) is 2.11. The van der Waals surface area contributed by atoms with Gasteiger partial charge in [0, 0.05) is 37.8 Å². The van der Waals surface area contributed by atoms with Crippen LogP contribution in [-0.2, 0) is 6.42 Å². The van der Waals surface area contributed by atoms with E-state index in [1.54, 1.807) is 12.1 Å². The van der Waals surface area contributed by atoms with Crippen LogP contribution in [0.1, 0.15) is 38.8 Å². The third-order valence-corrected chi connectivity index (χ3v) is 6.74. The molecule has 0 saturated carbocycles. The highest BCUT2D eigenvalue weighted by Crippen LogP contribution is 2.35. The Kier molecular flexibility index (Phi) is 6.09. The fraction of sp³-hybridized carbons (Fsp3) is 0.444. The number of fused-ring (bicyclic) bond motifs is 1. The van der Waals surface area contributed by atoms with Crippen LogP contribution in [0.4, 0.5) is 16.2 Å². The number of amidine groups is 1. The number of nitrogens with zero attached hydrogens (tertiary/aromatic N) is 5. The molecule has 0 spiro atoms. The lowest BCUT2D eigenvalue weighted by Gasteiger charge is -2.32. The van der Waals surface area contributed by atoms with E-state index in [0.717, 1.165) is 49.6 Å². The van der Waals surface area contributed by atoms with Crippen molar-refractivity contribution in [3.63, 3.8) is 0 Å². The zero-order valence-electron chi connectivity index (χ0n) is 21.2. The van der Waals surface area contributed by atoms with Gasteiger partial charge in [0.05, 0.1) is 6.54 Å². The summed E-state index contributed by atoms with van der Waals surface area (Å²) in [4.78, 5) is 18.4. The summed E-state index contributed by atoms with van der Waals surface area (Å²) in [6.07, 6.45) is 4.73. The first-order chi connectivity index (χ1) is 16.7. The number of hydrogen-bond donors (Lipinski definition) is 1. The molecule has 8 heteroatoms. The molecule has 1 aromatic heterocycles. The molecule has 2 aromatic rings. The largest absolute Gasteiger partial charge is 0.436 e. The lowest BCUT2D eigenvalue weighted by Crippen LogP contribution is -2.45. The first kappa shape index (κ1) is 23.5. The molecule has 0 atom stereocenters. The molecule has 3 heterocycles. The zero-order chi connectivity index (χ0) is 24.7. The van der Waals surface area contributed by atoms with Gasteiger partial charge < -0.3 is 19.9 Å². The van der Waals surface area contributed by atoms with E-state index in [1.807, 2.05) is 19.1 Å². The highest BCUT2D eigenvalue weighted by atomic mass is 19.1. The topological polar surface area (TPSA) is 65.9 Å². The fourth-order valence-corrected chi connectivity index (χ4v) is 4.48. The quantitative estimate of drug-likeness (QED) is 0.676. The number of halogens is 1. The third-order valence-electron chi connectivity index (χ3n) is 6.74. The summed E-state index contributed by atoms with van der Waals surface area (Å²) in [6.45, 7) is 12.7. The summed E-state index contributed by atoms with van der Waals surface area (Å²) in [5.74, 6) is 2.00. The Balaban J connectivity index is 1.45. The molecule has 5 rings (SSSR count). The van der Waals surface area contributed by atoms with Crippen LogP contribution in [0.15, 0.2) is 40.4 Å². The zero-order valence-corrected chi connectivity index (χ0v) is 21.2. The van der Waals surface area contributed by atoms with Gasteiger partial charge in [0.15, 0.2) is 11.6 Å². The summed E-state index contributed by atoms with van der Waals surface area (Å²) >= 11 is 0. The Morgan fingerprint density at radius 1 is 1.06 bits per heavy atom. The lowest BCUT2D eigenvalue weighted by atomic mass is 9.87. The Morgan fingerprint density at radius 3 is 2.54 bits per heavy atom. The molecular weight excluding hydrogens is 443 g/mol. The molecule has 35 heavy (non-hydrogen) atoms. The first-order valence-electron chi connectivity index (χ1n) is 12.2. The van der Waals surface area contributed by atoms with E-state index in [-0.39, 0.29) is 17.0 Å². The van der Waals surface area contributed by atoms with Crippen molar-refractivity contribution < 1.29 is 9.13 Å². The van der Waals surface area contributed by atoms with Gasteiger partial charge in [-0.25, -0.2) is 4.39 Å². The highest BCUT2D eigenvalue weighted by molar-refractivity contribution is 6.05. The van der Waals surface area contributed by atoms with E-state index in [4.69, 9.17) is 9.72 Å². The predicted octanol–water partition coefficient (Wildman–Crippen LogP) is 4.92. The van der Waals surface area contributed by atoms with Gasteiger partial charge in [0.25, 0.3) is 0 Å². The minimum absolute atomic E-state index is 0.0513. The number of benzene rings is 1. The molecule has 0 radical (unpaired) electrons. The van der Waals surface area contributed by atoms with E-state index in [2.05, 4.69) is 59.0 Å². The number of likely N-dealkylation sites (N-methyl/N-ethyl adjacent to an activating group) is 1. The molecule has 0 bridgehead atoms. The molecule has 1 N–H and O–H groups in total. The monoisotopic (exact) mass is 476 g/mol. The molecule has 7 nitrogen and oxygen atoms in total. The summed E-state index contributed by atoms with van der Waals surface area (Å²) in [6, 6.07) is 5.32. The molecule has 1 saturated heterocycles. The van der Waals surface area contributed by atoms with Crippen LogP contribution in [0.2, 0.25) is 0 Å². The van der Waals surface area contributed by atoms with Crippen molar-refractivity contribution >= 4 is 23.7 Å². The lowest BCUT2D eigenvalue weighted by molar-refractivity contribution is 0.310. The minimum Gasteiger partial charge on any atom is -0.436 e. The van der Waals surface area contributed by atoms with Gasteiger partial charge >= 0.3 is 0 Å². The Bertz CT molecular complexity index is 1230. The van der Waals surface area contributed by atoms with Crippen molar-refractivity contribution in [1.82, 2.24) is 14.9 Å². The van der Waals surface area contributed by atoms with Gasteiger partial charge in [-0.15, -0.1) is 0 Å². The van der Waals surface area contributed by atoms with Crippen molar-refractivity contribution in [3.8, 4) is 11.6 Å². The molecule has 1 aromatic carbocycles. The summed E-state index contributed by atoms with van der Waals surface area (Å²) in [5.41, 5.74) is 4.04. The Hall–Kier alpha value is -3.26. The molecular formula is C27H33FN6O. The predicted molar refractivity (Wildman–Crippen MR) is 139 cm³/mol. The van der Waals surface area contributed by atoms with Crippen LogP contribution < -0.4 is 15.0 Å². The van der Waals surface area contributed by atoms with Gasteiger partial charge in [0.1, 0.15) is 11.7 Å². The number of piperazine rings is 1. The Labute approximate surface area is 206 Å². The standard InChI is InChI=1S/C27H33FN6O/c1-17-12-18-6-7-21(25(28)20(18)13-17)35-24-15-23(30-22-14-19(16-29-22)27(2,3)4)31-26(32-24)34-10-8-33(5)9-11-34/h6-7,13-15H,8-12,16H2,1-5H3,(H,29,30,31,32). The normalized spacial score (nSPS) is 18.2. The average Bonchev–Trinajstić information content (AvgIpc) is 3.43. The number of aromatic nitrogens is 2. The number of hydrogen-bond acceptors (Lipinski definition) is 7. The molecule has 3 aliphatic rings. The van der Waals surface area contributed by atoms with E-state index in [0.29, 0.717) is 29.8 Å². The van der Waals surface area contributed by atoms with Crippen molar-refractivity contribution in [2.45, 2.75) is 34.1 Å². The molecule has 1 aliphatic carbocycles. The molecule has 0 unspecified atom stereocenters. The maximum absolute atomic E-state index is 15.2. The highest BCUT2D eigenvalue weighted by Gasteiger charge is 2.23. The van der Waals surface area contributed by atoms with Crippen LogP contribution >= 0.6 is 0 Å². The number of ether oxygens (including phenoxy) is 1. The van der Waals surface area contributed by atoms with Crippen molar-refractivity contribution in [2.75, 3.05) is 50.0 Å². The van der Waals surface area contributed by atoms with Gasteiger partial charge in [-0.05, 0) is 49.1 Å². The molecule has 0 amide bonds. The molecule has 184 valence electrons. The smallest absolute Gasteiger partial charge is 0.230 e. The number of anilines is 2. The van der Waals surface area contributed by atoms with Crippen molar-refractivity contribution in [3.05, 3.63) is 52.4 Å². The average molecular weight is 477 g/mol. The van der Waals surface area contributed by atoms with Crippen molar-refractivity contribution in [2.24, 2.45) is 10.4 Å². The summed E-state index contributed by atoms with van der Waals surface area (Å²) < 4.78 is 21.3. The first-order valence-corrected chi connectivity index (χ1v) is 12.2. The summed E-state index contributed by atoms with van der Waals surface area (Å²) in [5, 5.41) is 3.32. The second-order valence-electron chi connectivity index (χ2n) is 10.6. The number of nitrogens with one attached hydrogen (secondary N) is 1. The molecule has 2 aliphatic heterocycles. The fourth-order valence-electron chi connectivity index (χ4n) is 4.48. The van der Waals surface area contributed by atoms with Crippen LogP contribution in [0.25, 0.3) is 6.08 Å². The van der Waals surface area contributed by atoms with Crippen molar-refractivity contribution in [1.29, 1.82) is 0 Å². The van der Waals surface area contributed by atoms with Gasteiger partial charge in [-0.2, -0.15) is 9.97 Å².